The summed E-state index contributed by atoms with van der Waals surface area (Å²) in [5.74, 6) is 0.338. The van der Waals surface area contributed by atoms with Gasteiger partial charge >= 0.3 is 0 Å². The fourth-order valence-corrected chi connectivity index (χ4v) is 11.6. The molecule has 19 heteroatoms. The van der Waals surface area contributed by atoms with E-state index in [0.29, 0.717) is 26.9 Å². The summed E-state index contributed by atoms with van der Waals surface area (Å²) in [6.45, 7) is 26.9. The molecule has 0 amide bonds. The Balaban J connectivity index is 0.000000218. The number of anilines is 6. The van der Waals surface area contributed by atoms with Crippen LogP contribution >= 0.6 is 23.2 Å². The van der Waals surface area contributed by atoms with Crippen LogP contribution in [0.5, 0.6) is 0 Å². The van der Waals surface area contributed by atoms with Gasteiger partial charge in [0, 0.05) is 159 Å². The number of nitrogens with zero attached hydrogens (tertiary/aromatic N) is 7. The molecule has 2 aliphatic heterocycles. The summed E-state index contributed by atoms with van der Waals surface area (Å²) in [4.78, 5) is 99.8. The molecule has 99 heavy (non-hydrogen) atoms. The van der Waals surface area contributed by atoms with E-state index in [4.69, 9.17) is 23.2 Å². The van der Waals surface area contributed by atoms with Crippen molar-refractivity contribution in [3.63, 3.8) is 0 Å². The number of aromatic nitrogens is 1. The average Bonchev–Trinajstić information content (AvgIpc) is 1.34. The van der Waals surface area contributed by atoms with E-state index in [1.165, 1.54) is 56.0 Å². The highest BCUT2D eigenvalue weighted by Crippen LogP contribution is 2.35. The van der Waals surface area contributed by atoms with Gasteiger partial charge in [-0.3, -0.25) is 43.7 Å². The van der Waals surface area contributed by atoms with Gasteiger partial charge in [-0.25, -0.2) is 0 Å². The first-order valence-electron chi connectivity index (χ1n) is 33.4. The Morgan fingerprint density at radius 1 is 0.475 bits per heavy atom. The van der Waals surface area contributed by atoms with Gasteiger partial charge in [0.1, 0.15) is 5.69 Å². The van der Waals surface area contributed by atoms with Gasteiger partial charge in [0.2, 0.25) is 0 Å². The maximum Gasteiger partial charge on any atom is 0.293 e. The number of piperidine rings is 1. The molecule has 0 atom stereocenters. The fourth-order valence-electron chi connectivity index (χ4n) is 10.8. The number of unbranched alkanes of at least 4 members (excludes halogenated alkanes) is 1. The summed E-state index contributed by atoms with van der Waals surface area (Å²) in [6.07, 6.45) is 9.91. The minimum atomic E-state index is -0.406. The van der Waals surface area contributed by atoms with Gasteiger partial charge < -0.3 is 34.4 Å². The van der Waals surface area contributed by atoms with E-state index in [0.717, 1.165) is 121 Å². The Morgan fingerprint density at radius 2 is 0.838 bits per heavy atom. The molecule has 524 valence electrons. The number of benzene rings is 7. The number of aryl methyl sites for hydroxylation is 2. The van der Waals surface area contributed by atoms with Gasteiger partial charge in [0.15, 0.2) is 40.5 Å². The summed E-state index contributed by atoms with van der Waals surface area (Å²) in [7, 11) is 5.55. The maximum atomic E-state index is 11.4. The molecule has 2 fully saturated rings. The Bertz CT molecular complexity index is 3900. The molecule has 0 saturated carbocycles. The van der Waals surface area contributed by atoms with Crippen LogP contribution in [0.15, 0.2) is 164 Å². The summed E-state index contributed by atoms with van der Waals surface area (Å²) in [5, 5.41) is 15.1. The predicted octanol–water partition coefficient (Wildman–Crippen LogP) is 18.2. The van der Waals surface area contributed by atoms with Crippen LogP contribution in [0, 0.1) is 24.0 Å². The number of rotatable bonds is 19. The summed E-state index contributed by atoms with van der Waals surface area (Å²) in [5.41, 5.74) is 14.3. The molecule has 0 bridgehead atoms. The molecule has 0 radical (unpaired) electrons. The Hall–Kier alpha value is -9.71. The molecule has 2 aliphatic rings. The maximum absolute atomic E-state index is 11.4. The van der Waals surface area contributed by atoms with Crippen molar-refractivity contribution in [2.24, 2.45) is 0 Å². The van der Waals surface area contributed by atoms with Crippen molar-refractivity contribution in [2.75, 3.05) is 103 Å². The second kappa shape index (κ2) is 39.6. The van der Waals surface area contributed by atoms with Crippen LogP contribution in [-0.2, 0) is 0 Å². The van der Waals surface area contributed by atoms with Crippen molar-refractivity contribution in [1.29, 1.82) is 0 Å². The smallest absolute Gasteiger partial charge is 0.293 e. The lowest BCUT2D eigenvalue weighted by Crippen LogP contribution is -2.46. The number of Topliss-reactive ketones (excluding diaryl/α,β-unsaturated/α-hetero) is 7. The number of carbonyl (C=O) groups is 7. The topological polar surface area (TPSA) is 196 Å². The highest BCUT2D eigenvalue weighted by atomic mass is 35.5. The number of carbonyl (C=O) groups excluding carboxylic acids is 7. The quantitative estimate of drug-likeness (QED) is 0.0456. The molecule has 1 N–H and O–H groups in total. The second-order valence-electron chi connectivity index (χ2n) is 24.5. The van der Waals surface area contributed by atoms with Crippen molar-refractivity contribution in [2.45, 2.75) is 108 Å². The zero-order valence-corrected chi connectivity index (χ0v) is 61.4. The number of nitrogens with one attached hydrogen (secondary N) is 1. The number of ketones is 7. The Morgan fingerprint density at radius 3 is 1.18 bits per heavy atom. The Kier molecular flexibility index (Phi) is 32.0. The second-order valence-corrected chi connectivity index (χ2v) is 25.4. The molecule has 7 aromatic carbocycles. The lowest BCUT2D eigenvalue weighted by Gasteiger charge is -2.37. The SMILES string of the molecule is CC(=O)c1cc(Cl)c(N(C)C)c(Cl)c1.CC(=O)c1ccc(-n2cc(C)c(C)c2)cc1.CC(=O)c1ccc(N2CCCCC2)c([N+](=O)[O-])c1.CC(=O)c1ccc(N2CCN(c3ccc(C(C)=O)cc3)CC2)cc1.CCCCN(CC)c1ccc(C(C)=O)cc1.CNc1ccc(C(C)=O)cc1. The van der Waals surface area contributed by atoms with E-state index in [1.54, 1.807) is 58.9 Å². The van der Waals surface area contributed by atoms with Crippen LogP contribution in [0.4, 0.5) is 39.8 Å². The molecule has 2 saturated heterocycles. The first kappa shape index (κ1) is 80.0. The van der Waals surface area contributed by atoms with Crippen LogP contribution in [0.25, 0.3) is 5.69 Å². The number of nitro benzene ring substituents is 1. The number of halogens is 2. The third-order valence-corrected chi connectivity index (χ3v) is 17.5. The number of hydrogen-bond donors (Lipinski definition) is 1. The minimum absolute atomic E-state index is 0.0320. The van der Waals surface area contributed by atoms with Gasteiger partial charge in [0.25, 0.3) is 5.69 Å². The van der Waals surface area contributed by atoms with Gasteiger partial charge in [0.05, 0.1) is 20.7 Å². The lowest BCUT2D eigenvalue weighted by atomic mass is 10.1. The highest BCUT2D eigenvalue weighted by Gasteiger charge is 2.23. The van der Waals surface area contributed by atoms with Gasteiger partial charge in [-0.1, -0.05) is 36.5 Å². The van der Waals surface area contributed by atoms with Crippen LogP contribution in [0.3, 0.4) is 0 Å². The molecule has 0 unspecified atom stereocenters. The van der Waals surface area contributed by atoms with Crippen molar-refractivity contribution in [3.05, 3.63) is 234 Å². The van der Waals surface area contributed by atoms with E-state index >= 15 is 0 Å². The van der Waals surface area contributed by atoms with Gasteiger partial charge in [-0.2, -0.15) is 0 Å². The van der Waals surface area contributed by atoms with E-state index in [1.807, 2.05) is 152 Å². The molecule has 0 aliphatic carbocycles. The van der Waals surface area contributed by atoms with Crippen LogP contribution < -0.4 is 29.8 Å². The van der Waals surface area contributed by atoms with Crippen LogP contribution in [0.2, 0.25) is 10.0 Å². The largest absolute Gasteiger partial charge is 0.388 e. The average molecular weight is 1380 g/mol. The third-order valence-electron chi connectivity index (χ3n) is 16.9. The molecular weight excluding hydrogens is 1290 g/mol. The Labute approximate surface area is 594 Å². The standard InChI is InChI=1S/C20H22N2O2.C14H15NO.C14H21NO.C13H16N2O3.C10H11Cl2NO.C9H11NO/c1-15(23)17-3-7-19(8-4-17)21-11-13-22(14-12-21)20-9-5-18(6-10-20)16(2)24;1-10-8-15(9-11(10)2)14-6-4-13(5-7-14)12(3)16;1-4-6-11-15(5-2)14-9-7-13(8-10-14)12(3)16;1-10(16)11-5-6-12(13(9-11)15(17)18)14-7-3-2-4-8-14;1-6(14)7-4-8(11)10(13(2)3)9(12)5-7;1-7(11)8-3-5-9(10-2)6-4-8/h3-10H,11-14H2,1-2H3;4-9H,1-3H3;7-10H,4-6,11H2,1-3H3;5-6,9H,2-4,7-8H2,1H3;4-5H,1-3H3;3-6,10H,1-2H3. The van der Waals surface area contributed by atoms with Gasteiger partial charge in [-0.15, -0.1) is 0 Å². The third kappa shape index (κ3) is 24.7. The minimum Gasteiger partial charge on any atom is -0.388 e. The molecule has 8 aromatic rings. The monoisotopic (exact) mass is 1380 g/mol. The first-order chi connectivity index (χ1) is 47.1. The molecule has 3 heterocycles. The van der Waals surface area contributed by atoms with E-state index in [2.05, 4.69) is 64.7 Å². The molecule has 17 nitrogen and oxygen atoms in total. The molecule has 0 spiro atoms. The van der Waals surface area contributed by atoms with E-state index in [9.17, 15) is 43.7 Å². The number of piperazine rings is 1. The van der Waals surface area contributed by atoms with E-state index < -0.39 is 4.92 Å². The zero-order chi connectivity index (χ0) is 73.0. The normalized spacial score (nSPS) is 12.1. The summed E-state index contributed by atoms with van der Waals surface area (Å²) < 4.78 is 2.08. The van der Waals surface area contributed by atoms with Crippen molar-refractivity contribution in [1.82, 2.24) is 4.57 Å². The molecular formula is C80H96Cl2N8O9. The zero-order valence-electron chi connectivity index (χ0n) is 59.8. The van der Waals surface area contributed by atoms with Crippen LogP contribution in [0.1, 0.15) is 178 Å². The van der Waals surface area contributed by atoms with E-state index in [-0.39, 0.29) is 46.2 Å². The number of hydrogen-bond acceptors (Lipinski definition) is 15. The summed E-state index contributed by atoms with van der Waals surface area (Å²) in [6, 6.07) is 46.6. The van der Waals surface area contributed by atoms with Gasteiger partial charge in [-0.05, 0) is 252 Å². The predicted molar refractivity (Wildman–Crippen MR) is 408 cm³/mol. The number of nitro groups is 1. The van der Waals surface area contributed by atoms with Crippen LogP contribution in [-0.4, -0.2) is 123 Å². The fraction of sp³-hybridized carbons (Fsp3) is 0.338. The van der Waals surface area contributed by atoms with Crippen molar-refractivity contribution in [3.8, 4) is 5.69 Å². The highest BCUT2D eigenvalue weighted by molar-refractivity contribution is 6.39. The lowest BCUT2D eigenvalue weighted by molar-refractivity contribution is -0.384. The van der Waals surface area contributed by atoms with Crippen molar-refractivity contribution >= 4 is 103 Å². The molecule has 1 aromatic heterocycles. The first-order valence-corrected chi connectivity index (χ1v) is 34.2. The summed E-state index contributed by atoms with van der Waals surface area (Å²) >= 11 is 12.0. The molecule has 10 rings (SSSR count). The van der Waals surface area contributed by atoms with Crippen molar-refractivity contribution < 1.29 is 38.5 Å².